The van der Waals surface area contributed by atoms with E-state index in [9.17, 15) is 13.2 Å². The molecule has 4 aromatic rings. The fourth-order valence-corrected chi connectivity index (χ4v) is 3.61. The molecule has 3 heterocycles. The van der Waals surface area contributed by atoms with E-state index in [-0.39, 0.29) is 0 Å². The fourth-order valence-electron chi connectivity index (χ4n) is 2.81. The molecule has 29 heavy (non-hydrogen) atoms. The van der Waals surface area contributed by atoms with Crippen molar-refractivity contribution in [3.05, 3.63) is 77.1 Å². The summed E-state index contributed by atoms with van der Waals surface area (Å²) in [5.74, 6) is 0.592. The molecule has 0 radical (unpaired) electrons. The molecule has 0 aliphatic carbocycles. The van der Waals surface area contributed by atoms with Crippen LogP contribution in [0.15, 0.2) is 60.1 Å². The summed E-state index contributed by atoms with van der Waals surface area (Å²) in [7, 11) is 0. The second-order valence-electron chi connectivity index (χ2n) is 6.34. The molecule has 3 aromatic heterocycles. The fraction of sp³-hybridized carbons (Fsp3) is 0.150. The van der Waals surface area contributed by atoms with E-state index in [0.29, 0.717) is 23.7 Å². The van der Waals surface area contributed by atoms with E-state index in [1.807, 2.05) is 23.6 Å². The SMILES string of the molecule is Cc1cc(NCc2csc(-c3ccccn3)n2)n(-c2cccc(C(F)(F)F)c2)n1. The number of halogens is 3. The van der Waals surface area contributed by atoms with E-state index >= 15 is 0 Å². The monoisotopic (exact) mass is 415 g/mol. The second-order valence-corrected chi connectivity index (χ2v) is 7.20. The van der Waals surface area contributed by atoms with Gasteiger partial charge in [-0.2, -0.15) is 18.3 Å². The number of anilines is 1. The van der Waals surface area contributed by atoms with Crippen LogP contribution in [-0.2, 0) is 12.7 Å². The molecular formula is C20H16F3N5S. The Bertz CT molecular complexity index is 1120. The summed E-state index contributed by atoms with van der Waals surface area (Å²) >= 11 is 1.49. The summed E-state index contributed by atoms with van der Waals surface area (Å²) in [6, 6.07) is 12.5. The maximum absolute atomic E-state index is 13.0. The number of aromatic nitrogens is 4. The highest BCUT2D eigenvalue weighted by molar-refractivity contribution is 7.13. The third-order valence-corrected chi connectivity index (χ3v) is 5.05. The van der Waals surface area contributed by atoms with Gasteiger partial charge in [0.15, 0.2) is 0 Å². The van der Waals surface area contributed by atoms with Crippen LogP contribution in [0.4, 0.5) is 19.0 Å². The molecule has 0 aliphatic rings. The van der Waals surface area contributed by atoms with E-state index in [1.165, 1.54) is 22.1 Å². The van der Waals surface area contributed by atoms with Gasteiger partial charge in [-0.1, -0.05) is 12.1 Å². The lowest BCUT2D eigenvalue weighted by Gasteiger charge is -2.12. The van der Waals surface area contributed by atoms with Crippen molar-refractivity contribution in [2.24, 2.45) is 0 Å². The topological polar surface area (TPSA) is 55.6 Å². The molecule has 0 bridgehead atoms. The first-order chi connectivity index (χ1) is 13.9. The van der Waals surface area contributed by atoms with Gasteiger partial charge in [0.1, 0.15) is 10.8 Å². The van der Waals surface area contributed by atoms with Crippen molar-refractivity contribution in [1.29, 1.82) is 0 Å². The number of nitrogens with one attached hydrogen (secondary N) is 1. The first kappa shape index (κ1) is 19.1. The maximum atomic E-state index is 13.0. The number of aryl methyl sites for hydroxylation is 1. The number of benzene rings is 1. The molecule has 0 fully saturated rings. The summed E-state index contributed by atoms with van der Waals surface area (Å²) < 4.78 is 40.6. The van der Waals surface area contributed by atoms with Gasteiger partial charge in [0, 0.05) is 17.6 Å². The summed E-state index contributed by atoms with van der Waals surface area (Å²) in [4.78, 5) is 8.85. The van der Waals surface area contributed by atoms with Crippen molar-refractivity contribution < 1.29 is 13.2 Å². The predicted octanol–water partition coefficient (Wildman–Crippen LogP) is 5.33. The van der Waals surface area contributed by atoms with Crippen LogP contribution < -0.4 is 5.32 Å². The van der Waals surface area contributed by atoms with Crippen molar-refractivity contribution in [2.75, 3.05) is 5.32 Å². The van der Waals surface area contributed by atoms with Crippen molar-refractivity contribution in [3.63, 3.8) is 0 Å². The average Bonchev–Trinajstić information content (AvgIpc) is 3.33. The quantitative estimate of drug-likeness (QED) is 0.479. The van der Waals surface area contributed by atoms with E-state index in [2.05, 4.69) is 20.4 Å². The number of thiazole rings is 1. The highest BCUT2D eigenvalue weighted by Crippen LogP contribution is 2.31. The van der Waals surface area contributed by atoms with Gasteiger partial charge in [-0.25, -0.2) is 9.67 Å². The van der Waals surface area contributed by atoms with Crippen LogP contribution in [0.5, 0.6) is 0 Å². The number of nitrogens with zero attached hydrogens (tertiary/aromatic N) is 4. The van der Waals surface area contributed by atoms with Crippen molar-refractivity contribution >= 4 is 17.2 Å². The average molecular weight is 415 g/mol. The number of rotatable bonds is 5. The molecule has 1 N–H and O–H groups in total. The van der Waals surface area contributed by atoms with Crippen molar-refractivity contribution in [2.45, 2.75) is 19.6 Å². The molecule has 1 aromatic carbocycles. The van der Waals surface area contributed by atoms with Gasteiger partial charge in [0.25, 0.3) is 0 Å². The zero-order valence-corrected chi connectivity index (χ0v) is 16.1. The van der Waals surface area contributed by atoms with Crippen molar-refractivity contribution in [1.82, 2.24) is 19.7 Å². The Morgan fingerprint density at radius 2 is 1.97 bits per heavy atom. The predicted molar refractivity (Wildman–Crippen MR) is 106 cm³/mol. The van der Waals surface area contributed by atoms with Crippen LogP contribution in [0, 0.1) is 6.92 Å². The zero-order valence-electron chi connectivity index (χ0n) is 15.3. The Labute approximate surface area is 168 Å². The minimum absolute atomic E-state index is 0.336. The third kappa shape index (κ3) is 4.29. The lowest BCUT2D eigenvalue weighted by molar-refractivity contribution is -0.137. The molecule has 0 spiro atoms. The Hall–Kier alpha value is -3.20. The summed E-state index contributed by atoms with van der Waals surface area (Å²) in [6.07, 6.45) is -2.70. The van der Waals surface area contributed by atoms with Crippen molar-refractivity contribution in [3.8, 4) is 16.4 Å². The normalized spacial score (nSPS) is 11.6. The van der Waals surface area contributed by atoms with Crippen LogP contribution in [0.2, 0.25) is 0 Å². The molecular weight excluding hydrogens is 399 g/mol. The Morgan fingerprint density at radius 3 is 2.72 bits per heavy atom. The van der Waals surface area contributed by atoms with Gasteiger partial charge in [-0.05, 0) is 37.3 Å². The van der Waals surface area contributed by atoms with Gasteiger partial charge in [0.05, 0.1) is 34.9 Å². The van der Waals surface area contributed by atoms with Crippen LogP contribution >= 0.6 is 11.3 Å². The largest absolute Gasteiger partial charge is 0.416 e. The number of hydrogen-bond donors (Lipinski definition) is 1. The van der Waals surface area contributed by atoms with E-state index < -0.39 is 11.7 Å². The van der Waals surface area contributed by atoms with E-state index in [4.69, 9.17) is 0 Å². The maximum Gasteiger partial charge on any atom is 0.416 e. The minimum atomic E-state index is -4.41. The zero-order chi connectivity index (χ0) is 20.4. The lowest BCUT2D eigenvalue weighted by atomic mass is 10.2. The first-order valence-electron chi connectivity index (χ1n) is 8.74. The first-order valence-corrected chi connectivity index (χ1v) is 9.62. The van der Waals surface area contributed by atoms with Crippen LogP contribution in [0.25, 0.3) is 16.4 Å². The molecule has 0 unspecified atom stereocenters. The highest BCUT2D eigenvalue weighted by atomic mass is 32.1. The molecule has 0 aliphatic heterocycles. The molecule has 9 heteroatoms. The summed E-state index contributed by atoms with van der Waals surface area (Å²) in [5, 5.41) is 10.3. The molecule has 0 saturated heterocycles. The number of pyridine rings is 1. The third-order valence-electron chi connectivity index (χ3n) is 4.14. The standard InChI is InChI=1S/C20H16F3N5S/c1-13-9-18(28(27-13)16-6-4-5-14(10-16)20(21,22)23)25-11-15-12-29-19(26-15)17-7-2-3-8-24-17/h2-10,12,25H,11H2,1H3. The van der Waals surface area contributed by atoms with Crippen LogP contribution in [-0.4, -0.2) is 19.7 Å². The second kappa shape index (κ2) is 7.67. The Balaban J connectivity index is 1.55. The number of alkyl halides is 3. The summed E-state index contributed by atoms with van der Waals surface area (Å²) in [5.41, 5.74) is 1.92. The van der Waals surface area contributed by atoms with Gasteiger partial charge in [0.2, 0.25) is 0 Å². The van der Waals surface area contributed by atoms with Crippen LogP contribution in [0.1, 0.15) is 17.0 Å². The van der Waals surface area contributed by atoms with Crippen LogP contribution in [0.3, 0.4) is 0 Å². The molecule has 148 valence electrons. The van der Waals surface area contributed by atoms with E-state index in [1.54, 1.807) is 25.3 Å². The molecule has 0 amide bonds. The lowest BCUT2D eigenvalue weighted by Crippen LogP contribution is -2.09. The Kier molecular flexibility index (Phi) is 5.06. The Morgan fingerprint density at radius 1 is 1.10 bits per heavy atom. The van der Waals surface area contributed by atoms with Gasteiger partial charge >= 0.3 is 6.18 Å². The van der Waals surface area contributed by atoms with Gasteiger partial charge in [-0.3, -0.25) is 4.98 Å². The molecule has 5 nitrogen and oxygen atoms in total. The van der Waals surface area contributed by atoms with Gasteiger partial charge < -0.3 is 5.32 Å². The highest BCUT2D eigenvalue weighted by Gasteiger charge is 2.30. The summed E-state index contributed by atoms with van der Waals surface area (Å²) in [6.45, 7) is 2.20. The molecule has 4 rings (SSSR count). The van der Waals surface area contributed by atoms with Gasteiger partial charge in [-0.15, -0.1) is 11.3 Å². The van der Waals surface area contributed by atoms with E-state index in [0.717, 1.165) is 28.5 Å². The smallest absolute Gasteiger partial charge is 0.364 e. The number of hydrogen-bond acceptors (Lipinski definition) is 5. The molecule has 0 atom stereocenters. The minimum Gasteiger partial charge on any atom is -0.364 e. The molecule has 0 saturated carbocycles.